The van der Waals surface area contributed by atoms with Crippen molar-refractivity contribution in [1.29, 1.82) is 0 Å². The van der Waals surface area contributed by atoms with Crippen LogP contribution in [0.5, 0.6) is 5.75 Å². The molecule has 1 aliphatic heterocycles. The number of carboxylic acids is 1. The zero-order valence-electron chi connectivity index (χ0n) is 13.9. The number of carbonyl (C=O) groups is 2. The number of aryl methyl sites for hydroxylation is 1. The van der Waals surface area contributed by atoms with Gasteiger partial charge in [0, 0.05) is 38.1 Å². The third kappa shape index (κ3) is 4.20. The molecule has 5 nitrogen and oxygen atoms in total. The Morgan fingerprint density at radius 3 is 2.62 bits per heavy atom. The fraction of sp³-hybridized carbons (Fsp3) is 0.529. The zero-order chi connectivity index (χ0) is 17.7. The standard InChI is InChI=1S/C17H22FNO4S/c1-12-3-4-13(18)14(11-12)23-17(16(21)22)6-8-19(9-7-17)15(20)5-10-24-2/h3-4,11H,5-10H2,1-2H3,(H,21,22). The summed E-state index contributed by atoms with van der Waals surface area (Å²) in [6.07, 6.45) is 2.65. The summed E-state index contributed by atoms with van der Waals surface area (Å²) < 4.78 is 19.5. The van der Waals surface area contributed by atoms with E-state index in [1.54, 1.807) is 29.7 Å². The molecule has 0 unspecified atom stereocenters. The summed E-state index contributed by atoms with van der Waals surface area (Å²) in [6.45, 7) is 2.38. The molecule has 0 atom stereocenters. The minimum absolute atomic E-state index is 0.0186. The number of nitrogens with zero attached hydrogens (tertiary/aromatic N) is 1. The van der Waals surface area contributed by atoms with Gasteiger partial charge in [0.25, 0.3) is 0 Å². The minimum Gasteiger partial charge on any atom is -0.478 e. The maximum atomic E-state index is 13.9. The number of halogens is 1. The zero-order valence-corrected chi connectivity index (χ0v) is 14.7. The average molecular weight is 355 g/mol. The van der Waals surface area contributed by atoms with E-state index in [9.17, 15) is 19.1 Å². The van der Waals surface area contributed by atoms with E-state index in [1.807, 2.05) is 6.26 Å². The van der Waals surface area contributed by atoms with Gasteiger partial charge in [-0.15, -0.1) is 0 Å². The van der Waals surface area contributed by atoms with Crippen molar-refractivity contribution in [2.75, 3.05) is 25.1 Å². The first-order valence-corrected chi connectivity index (χ1v) is 9.22. The maximum Gasteiger partial charge on any atom is 0.348 e. The molecule has 0 spiro atoms. The van der Waals surface area contributed by atoms with Gasteiger partial charge >= 0.3 is 5.97 Å². The fourth-order valence-electron chi connectivity index (χ4n) is 2.72. The Bertz CT molecular complexity index is 615. The molecule has 0 saturated carbocycles. The second kappa shape index (κ2) is 7.88. The van der Waals surface area contributed by atoms with Gasteiger partial charge in [-0.05, 0) is 30.9 Å². The Morgan fingerprint density at radius 2 is 2.04 bits per heavy atom. The van der Waals surface area contributed by atoms with Crippen molar-refractivity contribution in [3.05, 3.63) is 29.6 Å². The molecular weight excluding hydrogens is 333 g/mol. The first kappa shape index (κ1) is 18.6. The van der Waals surface area contributed by atoms with Gasteiger partial charge in [-0.2, -0.15) is 11.8 Å². The van der Waals surface area contributed by atoms with E-state index in [2.05, 4.69) is 0 Å². The average Bonchev–Trinajstić information content (AvgIpc) is 2.56. The second-order valence-electron chi connectivity index (χ2n) is 5.96. The van der Waals surface area contributed by atoms with Crippen LogP contribution in [0.4, 0.5) is 4.39 Å². The number of likely N-dealkylation sites (tertiary alicyclic amines) is 1. The summed E-state index contributed by atoms with van der Waals surface area (Å²) in [6, 6.07) is 4.36. The Kier molecular flexibility index (Phi) is 6.10. The minimum atomic E-state index is -1.50. The number of benzene rings is 1. The molecule has 2 rings (SSSR count). The van der Waals surface area contributed by atoms with Crippen molar-refractivity contribution in [2.45, 2.75) is 31.8 Å². The number of aliphatic carboxylic acids is 1. The van der Waals surface area contributed by atoms with Gasteiger partial charge in [0.2, 0.25) is 11.5 Å². The van der Waals surface area contributed by atoms with Gasteiger partial charge in [-0.1, -0.05) is 6.07 Å². The van der Waals surface area contributed by atoms with Gasteiger partial charge < -0.3 is 14.7 Å². The van der Waals surface area contributed by atoms with Gasteiger partial charge in [0.05, 0.1) is 0 Å². The predicted octanol–water partition coefficient (Wildman–Crippen LogP) is 2.71. The molecule has 0 aromatic heterocycles. The number of carbonyl (C=O) groups excluding carboxylic acids is 1. The van der Waals surface area contributed by atoms with Crippen molar-refractivity contribution in [2.24, 2.45) is 0 Å². The van der Waals surface area contributed by atoms with Crippen LogP contribution >= 0.6 is 11.8 Å². The van der Waals surface area contributed by atoms with E-state index < -0.39 is 17.4 Å². The van der Waals surface area contributed by atoms with Crippen LogP contribution in [0.2, 0.25) is 0 Å². The number of ether oxygens (including phenoxy) is 1. The maximum absolute atomic E-state index is 13.9. The summed E-state index contributed by atoms with van der Waals surface area (Å²) in [4.78, 5) is 25.5. The first-order valence-electron chi connectivity index (χ1n) is 7.83. The molecule has 1 N–H and O–H groups in total. The number of rotatable bonds is 6. The molecule has 1 aromatic carbocycles. The molecule has 1 aliphatic rings. The van der Waals surface area contributed by atoms with E-state index >= 15 is 0 Å². The second-order valence-corrected chi connectivity index (χ2v) is 6.94. The Morgan fingerprint density at radius 1 is 1.38 bits per heavy atom. The number of amides is 1. The quantitative estimate of drug-likeness (QED) is 0.850. The molecule has 1 fully saturated rings. The largest absolute Gasteiger partial charge is 0.478 e. The first-order chi connectivity index (χ1) is 11.4. The SMILES string of the molecule is CSCCC(=O)N1CCC(Oc2cc(C)ccc2F)(C(=O)O)CC1. The third-order valence-corrected chi connectivity index (χ3v) is 4.84. The number of carboxylic acid groups (broad SMARTS) is 1. The van der Waals surface area contributed by atoms with Crippen LogP contribution in [-0.2, 0) is 9.59 Å². The lowest BCUT2D eigenvalue weighted by Gasteiger charge is -2.39. The van der Waals surface area contributed by atoms with Crippen LogP contribution in [-0.4, -0.2) is 52.6 Å². The monoisotopic (exact) mass is 355 g/mol. The van der Waals surface area contributed by atoms with E-state index in [4.69, 9.17) is 4.74 Å². The Labute approximate surface area is 145 Å². The van der Waals surface area contributed by atoms with Crippen LogP contribution in [0.1, 0.15) is 24.8 Å². The molecule has 24 heavy (non-hydrogen) atoms. The van der Waals surface area contributed by atoms with Crippen molar-refractivity contribution >= 4 is 23.6 Å². The molecule has 132 valence electrons. The van der Waals surface area contributed by atoms with E-state index in [0.717, 1.165) is 11.3 Å². The van der Waals surface area contributed by atoms with Crippen molar-refractivity contribution < 1.29 is 23.8 Å². The van der Waals surface area contributed by atoms with Crippen LogP contribution in [0.25, 0.3) is 0 Å². The highest BCUT2D eigenvalue weighted by molar-refractivity contribution is 7.98. The highest BCUT2D eigenvalue weighted by atomic mass is 32.2. The summed E-state index contributed by atoms with van der Waals surface area (Å²) in [7, 11) is 0. The van der Waals surface area contributed by atoms with Crippen molar-refractivity contribution in [3.63, 3.8) is 0 Å². The molecule has 0 radical (unpaired) electrons. The highest BCUT2D eigenvalue weighted by Gasteiger charge is 2.45. The molecule has 1 aromatic rings. The van der Waals surface area contributed by atoms with Crippen molar-refractivity contribution in [3.8, 4) is 5.75 Å². The summed E-state index contributed by atoms with van der Waals surface area (Å²) >= 11 is 1.60. The van der Waals surface area contributed by atoms with Crippen molar-refractivity contribution in [1.82, 2.24) is 4.90 Å². The van der Waals surface area contributed by atoms with Gasteiger partial charge in [-0.3, -0.25) is 4.79 Å². The van der Waals surface area contributed by atoms with Gasteiger partial charge in [-0.25, -0.2) is 9.18 Å². The fourth-order valence-corrected chi connectivity index (χ4v) is 3.10. The molecule has 1 saturated heterocycles. The lowest BCUT2D eigenvalue weighted by atomic mass is 9.90. The van der Waals surface area contributed by atoms with Gasteiger partial charge in [0.1, 0.15) is 0 Å². The van der Waals surface area contributed by atoms with E-state index in [-0.39, 0.29) is 24.5 Å². The topological polar surface area (TPSA) is 66.8 Å². The number of hydrogen-bond donors (Lipinski definition) is 1. The Hall–Kier alpha value is -1.76. The number of hydrogen-bond acceptors (Lipinski definition) is 4. The summed E-state index contributed by atoms with van der Waals surface area (Å²) in [5.74, 6) is -1.01. The molecule has 7 heteroatoms. The van der Waals surface area contributed by atoms with E-state index in [0.29, 0.717) is 19.5 Å². The smallest absolute Gasteiger partial charge is 0.348 e. The molecule has 1 heterocycles. The van der Waals surface area contributed by atoms with Gasteiger partial charge in [0.15, 0.2) is 11.6 Å². The lowest BCUT2D eigenvalue weighted by Crippen LogP contribution is -2.54. The van der Waals surface area contributed by atoms with Crippen LogP contribution in [0, 0.1) is 12.7 Å². The summed E-state index contributed by atoms with van der Waals surface area (Å²) in [5, 5.41) is 9.62. The normalized spacial score (nSPS) is 16.7. The molecule has 0 aliphatic carbocycles. The van der Waals surface area contributed by atoms with Crippen LogP contribution < -0.4 is 4.74 Å². The molecule has 1 amide bonds. The predicted molar refractivity (Wildman–Crippen MR) is 90.9 cm³/mol. The summed E-state index contributed by atoms with van der Waals surface area (Å²) in [5.41, 5.74) is -0.707. The van der Waals surface area contributed by atoms with E-state index in [1.165, 1.54) is 12.1 Å². The molecule has 0 bridgehead atoms. The van der Waals surface area contributed by atoms with Crippen LogP contribution in [0.15, 0.2) is 18.2 Å². The highest BCUT2D eigenvalue weighted by Crippen LogP contribution is 2.31. The Balaban J connectivity index is 2.10. The number of thioether (sulfide) groups is 1. The number of piperidine rings is 1. The van der Waals surface area contributed by atoms with Crippen LogP contribution in [0.3, 0.4) is 0 Å². The molecular formula is C17H22FNO4S. The lowest BCUT2D eigenvalue weighted by molar-refractivity contribution is -0.162. The third-order valence-electron chi connectivity index (χ3n) is 4.23.